The molecule has 0 saturated carbocycles. The van der Waals surface area contributed by atoms with Gasteiger partial charge in [-0.05, 0) is 47.2 Å². The van der Waals surface area contributed by atoms with Gasteiger partial charge in [-0.2, -0.15) is 0 Å². The van der Waals surface area contributed by atoms with E-state index in [2.05, 4.69) is 81.2 Å². The quantitative estimate of drug-likeness (QED) is 0.274. The number of rotatable bonds is 1. The van der Waals surface area contributed by atoms with Crippen LogP contribution in [0.15, 0.2) is 83.3 Å². The lowest BCUT2D eigenvalue weighted by Crippen LogP contribution is -1.94. The second-order valence-electron chi connectivity index (χ2n) is 6.13. The molecule has 0 aliphatic heterocycles. The molecular weight excluding hydrogens is 394 g/mol. The van der Waals surface area contributed by atoms with Crippen molar-refractivity contribution in [3.8, 4) is 5.69 Å². The van der Waals surface area contributed by atoms with E-state index in [1.807, 2.05) is 18.2 Å². The van der Waals surface area contributed by atoms with Crippen molar-refractivity contribution in [2.75, 3.05) is 0 Å². The van der Waals surface area contributed by atoms with Crippen LogP contribution in [0.3, 0.4) is 0 Å². The van der Waals surface area contributed by atoms with E-state index < -0.39 is 0 Å². The second kappa shape index (κ2) is 5.62. The van der Waals surface area contributed by atoms with Crippen molar-refractivity contribution in [1.82, 2.24) is 4.57 Å². The lowest BCUT2D eigenvalue weighted by molar-refractivity contribution is 1.18. The van der Waals surface area contributed by atoms with Crippen molar-refractivity contribution in [2.24, 2.45) is 0 Å². The van der Waals surface area contributed by atoms with Gasteiger partial charge in [0.05, 0.1) is 21.7 Å². The first-order valence-electron chi connectivity index (χ1n) is 8.10. The van der Waals surface area contributed by atoms with Crippen LogP contribution < -0.4 is 0 Å². The molecule has 0 amide bonds. The Hall–Kier alpha value is -2.29. The van der Waals surface area contributed by atoms with Crippen LogP contribution in [-0.4, -0.2) is 4.57 Å². The minimum atomic E-state index is 0.748. The Bertz CT molecular complexity index is 1270. The Kier molecular flexibility index (Phi) is 3.37. The van der Waals surface area contributed by atoms with E-state index in [1.165, 1.54) is 21.5 Å². The van der Waals surface area contributed by atoms with Gasteiger partial charge in [-0.25, -0.2) is 0 Å². The average Bonchev–Trinajstić information content (AvgIpc) is 2.95. The Morgan fingerprint density at radius 1 is 0.680 bits per heavy atom. The molecule has 1 aromatic heterocycles. The third-order valence-corrected chi connectivity index (χ3v) is 5.72. The molecule has 4 aromatic carbocycles. The van der Waals surface area contributed by atoms with Gasteiger partial charge in [0.2, 0.25) is 0 Å². The summed E-state index contributed by atoms with van der Waals surface area (Å²) in [6.45, 7) is 0. The van der Waals surface area contributed by atoms with E-state index in [1.54, 1.807) is 0 Å². The maximum absolute atomic E-state index is 6.54. The number of hydrogen-bond donors (Lipinski definition) is 0. The molecule has 0 saturated heterocycles. The molecule has 25 heavy (non-hydrogen) atoms. The van der Waals surface area contributed by atoms with Gasteiger partial charge in [0.1, 0.15) is 0 Å². The summed E-state index contributed by atoms with van der Waals surface area (Å²) < 4.78 is 3.36. The van der Waals surface area contributed by atoms with Crippen LogP contribution >= 0.6 is 27.5 Å². The second-order valence-corrected chi connectivity index (χ2v) is 7.40. The predicted molar refractivity (Wildman–Crippen MR) is 111 cm³/mol. The summed E-state index contributed by atoms with van der Waals surface area (Å²) >= 11 is 10.2. The molecule has 0 spiro atoms. The molecule has 0 radical (unpaired) electrons. The Labute approximate surface area is 158 Å². The smallest absolute Gasteiger partial charge is 0.0648 e. The molecule has 0 N–H and O–H groups in total. The van der Waals surface area contributed by atoms with Crippen molar-refractivity contribution in [1.29, 1.82) is 0 Å². The van der Waals surface area contributed by atoms with Crippen LogP contribution in [0, 0.1) is 0 Å². The Morgan fingerprint density at radius 2 is 1.48 bits per heavy atom. The van der Waals surface area contributed by atoms with Crippen LogP contribution in [0.1, 0.15) is 0 Å². The van der Waals surface area contributed by atoms with E-state index in [0.717, 1.165) is 26.2 Å². The van der Waals surface area contributed by atoms with Gasteiger partial charge in [0.25, 0.3) is 0 Å². The normalized spacial score (nSPS) is 11.6. The maximum Gasteiger partial charge on any atom is 0.0648 e. The zero-order valence-electron chi connectivity index (χ0n) is 13.2. The SMILES string of the molecule is Clc1ccccc1-n1c2ccccc2c2cc3cccc(Br)c3cc21. The van der Waals surface area contributed by atoms with Crippen LogP contribution in [-0.2, 0) is 0 Å². The Balaban J connectivity index is 2.04. The summed E-state index contributed by atoms with van der Waals surface area (Å²) in [6.07, 6.45) is 0. The molecule has 0 aliphatic carbocycles. The number of benzene rings is 4. The van der Waals surface area contributed by atoms with Gasteiger partial charge in [-0.15, -0.1) is 0 Å². The fraction of sp³-hybridized carbons (Fsp3) is 0. The highest BCUT2D eigenvalue weighted by molar-refractivity contribution is 9.10. The molecule has 0 fully saturated rings. The van der Waals surface area contributed by atoms with Crippen molar-refractivity contribution >= 4 is 60.1 Å². The van der Waals surface area contributed by atoms with E-state index in [4.69, 9.17) is 11.6 Å². The van der Waals surface area contributed by atoms with Gasteiger partial charge < -0.3 is 4.57 Å². The third kappa shape index (κ3) is 2.21. The monoisotopic (exact) mass is 405 g/mol. The van der Waals surface area contributed by atoms with Crippen molar-refractivity contribution < 1.29 is 0 Å². The van der Waals surface area contributed by atoms with E-state index >= 15 is 0 Å². The van der Waals surface area contributed by atoms with E-state index in [-0.39, 0.29) is 0 Å². The first-order chi connectivity index (χ1) is 12.2. The summed E-state index contributed by atoms with van der Waals surface area (Å²) in [4.78, 5) is 0. The lowest BCUT2D eigenvalue weighted by atomic mass is 10.1. The average molecular weight is 407 g/mol. The van der Waals surface area contributed by atoms with Crippen LogP contribution in [0.25, 0.3) is 38.3 Å². The number of nitrogens with zero attached hydrogens (tertiary/aromatic N) is 1. The standard InChI is InChI=1S/C22H13BrClN/c23-18-8-5-6-14-12-17-15-7-1-3-10-20(15)25(22(17)13-16(14)18)21-11-4-2-9-19(21)24/h1-13H. The predicted octanol–water partition coefficient (Wildman–Crippen LogP) is 7.35. The fourth-order valence-corrected chi connectivity index (χ4v) is 4.31. The first-order valence-corrected chi connectivity index (χ1v) is 9.27. The minimum Gasteiger partial charge on any atom is -0.308 e. The molecule has 5 aromatic rings. The summed E-state index contributed by atoms with van der Waals surface area (Å²) in [5.74, 6) is 0. The van der Waals surface area contributed by atoms with Crippen LogP contribution in [0.4, 0.5) is 0 Å². The van der Waals surface area contributed by atoms with Crippen molar-refractivity contribution in [3.63, 3.8) is 0 Å². The molecule has 0 atom stereocenters. The molecule has 0 unspecified atom stereocenters. The molecular formula is C22H13BrClN. The van der Waals surface area contributed by atoms with Crippen molar-refractivity contribution in [3.05, 3.63) is 88.4 Å². The Morgan fingerprint density at radius 3 is 2.36 bits per heavy atom. The lowest BCUT2D eigenvalue weighted by Gasteiger charge is -2.10. The summed E-state index contributed by atoms with van der Waals surface area (Å²) in [7, 11) is 0. The highest BCUT2D eigenvalue weighted by Crippen LogP contribution is 2.37. The highest BCUT2D eigenvalue weighted by atomic mass is 79.9. The molecule has 1 heterocycles. The number of para-hydroxylation sites is 2. The van der Waals surface area contributed by atoms with Gasteiger partial charge >= 0.3 is 0 Å². The summed E-state index contributed by atoms with van der Waals surface area (Å²) in [5, 5.41) is 5.65. The zero-order chi connectivity index (χ0) is 17.0. The fourth-order valence-electron chi connectivity index (χ4n) is 3.60. The zero-order valence-corrected chi connectivity index (χ0v) is 15.6. The van der Waals surface area contributed by atoms with Gasteiger partial charge in [0, 0.05) is 15.2 Å². The van der Waals surface area contributed by atoms with Crippen LogP contribution in [0.5, 0.6) is 0 Å². The third-order valence-electron chi connectivity index (χ3n) is 4.71. The number of fused-ring (bicyclic) bond motifs is 4. The maximum atomic E-state index is 6.54. The first kappa shape index (κ1) is 15.0. The molecule has 1 nitrogen and oxygen atoms in total. The number of hydrogen-bond acceptors (Lipinski definition) is 0. The molecule has 3 heteroatoms. The number of halogens is 2. The summed E-state index contributed by atoms with van der Waals surface area (Å²) in [5.41, 5.74) is 3.33. The van der Waals surface area contributed by atoms with Gasteiger partial charge in [0.15, 0.2) is 0 Å². The van der Waals surface area contributed by atoms with Crippen LogP contribution in [0.2, 0.25) is 5.02 Å². The molecule has 0 bridgehead atoms. The molecule has 0 aliphatic rings. The minimum absolute atomic E-state index is 0.748. The summed E-state index contributed by atoms with van der Waals surface area (Å²) in [6, 6.07) is 27.3. The molecule has 5 rings (SSSR count). The highest BCUT2D eigenvalue weighted by Gasteiger charge is 2.15. The topological polar surface area (TPSA) is 4.93 Å². The van der Waals surface area contributed by atoms with Gasteiger partial charge in [-0.3, -0.25) is 0 Å². The van der Waals surface area contributed by atoms with Crippen molar-refractivity contribution in [2.45, 2.75) is 0 Å². The van der Waals surface area contributed by atoms with E-state index in [0.29, 0.717) is 0 Å². The van der Waals surface area contributed by atoms with E-state index in [9.17, 15) is 0 Å². The van der Waals surface area contributed by atoms with Gasteiger partial charge in [-0.1, -0.05) is 70.0 Å². The largest absolute Gasteiger partial charge is 0.308 e. The number of aromatic nitrogens is 1. The molecule has 120 valence electrons.